The zero-order valence-electron chi connectivity index (χ0n) is 15.7. The van der Waals surface area contributed by atoms with Gasteiger partial charge in [-0.3, -0.25) is 9.52 Å². The van der Waals surface area contributed by atoms with Gasteiger partial charge in [-0.15, -0.1) is 0 Å². The van der Waals surface area contributed by atoms with Gasteiger partial charge in [0.2, 0.25) is 0 Å². The Morgan fingerprint density at radius 2 is 1.85 bits per heavy atom. The lowest BCUT2D eigenvalue weighted by atomic mass is 10.1. The third-order valence-electron chi connectivity index (χ3n) is 3.89. The van der Waals surface area contributed by atoms with Gasteiger partial charge >= 0.3 is 0 Å². The molecule has 8 heteroatoms. The first-order chi connectivity index (χ1) is 12.8. The van der Waals surface area contributed by atoms with Crippen molar-refractivity contribution in [2.45, 2.75) is 31.7 Å². The highest BCUT2D eigenvalue weighted by Gasteiger charge is 2.20. The van der Waals surface area contributed by atoms with Gasteiger partial charge < -0.3 is 15.8 Å². The van der Waals surface area contributed by atoms with Crippen molar-refractivity contribution in [3.63, 3.8) is 0 Å². The molecule has 7 nitrogen and oxygen atoms in total. The summed E-state index contributed by atoms with van der Waals surface area (Å²) in [4.78, 5) is 12.3. The summed E-state index contributed by atoms with van der Waals surface area (Å²) in [5.74, 6) is 0.287. The highest BCUT2D eigenvalue weighted by molar-refractivity contribution is 7.92. The SMILES string of the molecule is CCOc1ccc(NS(=O)(=O)c2cc(C(=O)N[C@@H](C)CN)ccc2C)cc1. The van der Waals surface area contributed by atoms with Crippen molar-refractivity contribution in [2.75, 3.05) is 17.9 Å². The summed E-state index contributed by atoms with van der Waals surface area (Å²) < 4.78 is 33.5. The quantitative estimate of drug-likeness (QED) is 0.639. The number of carbonyl (C=O) groups is 1. The van der Waals surface area contributed by atoms with Crippen LogP contribution in [-0.2, 0) is 10.0 Å². The number of ether oxygens (including phenoxy) is 1. The predicted octanol–water partition coefficient (Wildman–Crippen LogP) is 2.27. The van der Waals surface area contributed by atoms with E-state index in [1.54, 1.807) is 50.2 Å². The van der Waals surface area contributed by atoms with Crippen LogP contribution in [0.4, 0.5) is 5.69 Å². The first kappa shape index (κ1) is 20.7. The molecule has 146 valence electrons. The van der Waals surface area contributed by atoms with E-state index in [4.69, 9.17) is 10.5 Å². The number of hydrogen-bond donors (Lipinski definition) is 3. The minimum atomic E-state index is -3.85. The number of anilines is 1. The Bertz CT molecular complexity index is 896. The van der Waals surface area contributed by atoms with Crippen molar-refractivity contribution in [3.05, 3.63) is 53.6 Å². The van der Waals surface area contributed by atoms with Gasteiger partial charge in [-0.05, 0) is 62.7 Å². The molecular formula is C19H25N3O4S. The van der Waals surface area contributed by atoms with Gasteiger partial charge in [0.25, 0.3) is 15.9 Å². The van der Waals surface area contributed by atoms with Gasteiger partial charge in [0.15, 0.2) is 0 Å². The maximum atomic E-state index is 12.8. The van der Waals surface area contributed by atoms with E-state index in [9.17, 15) is 13.2 Å². The fourth-order valence-electron chi connectivity index (χ4n) is 2.39. The van der Waals surface area contributed by atoms with Crippen LogP contribution in [0.15, 0.2) is 47.4 Å². The van der Waals surface area contributed by atoms with Gasteiger partial charge in [0, 0.05) is 23.8 Å². The molecule has 0 aliphatic carbocycles. The van der Waals surface area contributed by atoms with Crippen LogP contribution in [0.1, 0.15) is 29.8 Å². The lowest BCUT2D eigenvalue weighted by Gasteiger charge is -2.14. The molecule has 0 saturated heterocycles. The van der Waals surface area contributed by atoms with Crippen molar-refractivity contribution in [2.24, 2.45) is 5.73 Å². The molecule has 0 aliphatic rings. The topological polar surface area (TPSA) is 111 Å². The molecule has 0 aliphatic heterocycles. The minimum absolute atomic E-state index is 0.0458. The average Bonchev–Trinajstić information content (AvgIpc) is 2.63. The van der Waals surface area contributed by atoms with Crippen LogP contribution < -0.4 is 20.5 Å². The number of nitrogens with one attached hydrogen (secondary N) is 2. The Hall–Kier alpha value is -2.58. The number of sulfonamides is 1. The molecule has 2 aromatic rings. The number of hydrogen-bond acceptors (Lipinski definition) is 5. The molecule has 0 unspecified atom stereocenters. The average molecular weight is 391 g/mol. The summed E-state index contributed by atoms with van der Waals surface area (Å²) >= 11 is 0. The van der Waals surface area contributed by atoms with Crippen molar-refractivity contribution in [1.82, 2.24) is 5.32 Å². The Labute approximate surface area is 160 Å². The number of rotatable bonds is 8. The molecule has 0 saturated carbocycles. The van der Waals surface area contributed by atoms with E-state index in [1.807, 2.05) is 6.92 Å². The third kappa shape index (κ3) is 5.45. The number of aryl methyl sites for hydroxylation is 1. The van der Waals surface area contributed by atoms with Crippen LogP contribution in [0.3, 0.4) is 0 Å². The molecule has 2 rings (SSSR count). The molecule has 0 fully saturated rings. The van der Waals surface area contributed by atoms with Crippen molar-refractivity contribution < 1.29 is 17.9 Å². The number of carbonyl (C=O) groups excluding carboxylic acids is 1. The molecule has 1 amide bonds. The summed E-state index contributed by atoms with van der Waals surface area (Å²) in [7, 11) is -3.85. The molecule has 1 atom stereocenters. The molecular weight excluding hydrogens is 366 g/mol. The highest BCUT2D eigenvalue weighted by Crippen LogP contribution is 2.22. The minimum Gasteiger partial charge on any atom is -0.494 e. The second-order valence-electron chi connectivity index (χ2n) is 6.15. The second-order valence-corrected chi connectivity index (χ2v) is 7.80. The van der Waals surface area contributed by atoms with Gasteiger partial charge in [-0.1, -0.05) is 6.07 Å². The summed E-state index contributed by atoms with van der Waals surface area (Å²) in [6.45, 7) is 6.15. The lowest BCUT2D eigenvalue weighted by molar-refractivity contribution is 0.0941. The fourth-order valence-corrected chi connectivity index (χ4v) is 3.72. The molecule has 0 bridgehead atoms. The molecule has 2 aromatic carbocycles. The van der Waals surface area contributed by atoms with Crippen molar-refractivity contribution >= 4 is 21.6 Å². The summed E-state index contributed by atoms with van der Waals surface area (Å²) in [5.41, 5.74) is 6.71. The van der Waals surface area contributed by atoms with Crippen molar-refractivity contribution in [1.29, 1.82) is 0 Å². The van der Waals surface area contributed by atoms with Gasteiger partial charge in [0.05, 0.1) is 11.5 Å². The summed E-state index contributed by atoms with van der Waals surface area (Å²) in [5, 5.41) is 2.72. The number of benzene rings is 2. The maximum Gasteiger partial charge on any atom is 0.262 e. The first-order valence-electron chi connectivity index (χ1n) is 8.64. The largest absolute Gasteiger partial charge is 0.494 e. The third-order valence-corrected chi connectivity index (χ3v) is 5.41. The standard InChI is InChI=1S/C19H25N3O4S/c1-4-26-17-9-7-16(8-10-17)22-27(24,25)18-11-15(6-5-13(18)2)19(23)21-14(3)12-20/h5-11,14,22H,4,12,20H2,1-3H3,(H,21,23)/t14-/m0/s1. The lowest BCUT2D eigenvalue weighted by Crippen LogP contribution is -2.37. The number of nitrogens with two attached hydrogens (primary N) is 1. The van der Waals surface area contributed by atoms with Crippen molar-refractivity contribution in [3.8, 4) is 5.75 Å². The second kappa shape index (κ2) is 8.88. The van der Waals surface area contributed by atoms with E-state index >= 15 is 0 Å². The van der Waals surface area contributed by atoms with Crippen LogP contribution in [0.25, 0.3) is 0 Å². The van der Waals surface area contributed by atoms with Gasteiger partial charge in [-0.2, -0.15) is 0 Å². The van der Waals surface area contributed by atoms with E-state index in [1.165, 1.54) is 6.07 Å². The first-order valence-corrected chi connectivity index (χ1v) is 10.1. The normalized spacial score (nSPS) is 12.3. The smallest absolute Gasteiger partial charge is 0.262 e. The maximum absolute atomic E-state index is 12.8. The predicted molar refractivity (Wildman–Crippen MR) is 106 cm³/mol. The van der Waals surface area contributed by atoms with Crippen LogP contribution >= 0.6 is 0 Å². The van der Waals surface area contributed by atoms with Gasteiger partial charge in [0.1, 0.15) is 5.75 Å². The molecule has 27 heavy (non-hydrogen) atoms. The van der Waals surface area contributed by atoms with Gasteiger partial charge in [-0.25, -0.2) is 8.42 Å². The van der Waals surface area contributed by atoms with Crippen LogP contribution in [-0.4, -0.2) is 33.5 Å². The van der Waals surface area contributed by atoms with Crippen LogP contribution in [0.5, 0.6) is 5.75 Å². The Morgan fingerprint density at radius 3 is 2.44 bits per heavy atom. The molecule has 0 spiro atoms. The Kier molecular flexibility index (Phi) is 6.81. The molecule has 4 N–H and O–H groups in total. The van der Waals surface area contributed by atoms with E-state index in [2.05, 4.69) is 10.0 Å². The Morgan fingerprint density at radius 1 is 1.19 bits per heavy atom. The van der Waals surface area contributed by atoms with E-state index < -0.39 is 10.0 Å². The van der Waals surface area contributed by atoms with Crippen LogP contribution in [0.2, 0.25) is 0 Å². The zero-order valence-corrected chi connectivity index (χ0v) is 16.5. The molecule has 0 aromatic heterocycles. The highest BCUT2D eigenvalue weighted by atomic mass is 32.2. The van der Waals surface area contributed by atoms with E-state index in [0.717, 1.165) is 0 Å². The monoisotopic (exact) mass is 391 g/mol. The zero-order chi connectivity index (χ0) is 20.0. The number of amides is 1. The summed E-state index contributed by atoms with van der Waals surface area (Å²) in [6.07, 6.45) is 0. The van der Waals surface area contributed by atoms with E-state index in [0.29, 0.717) is 30.2 Å². The fraction of sp³-hybridized carbons (Fsp3) is 0.316. The van der Waals surface area contributed by atoms with E-state index in [-0.39, 0.29) is 22.4 Å². The summed E-state index contributed by atoms with van der Waals surface area (Å²) in [6, 6.07) is 11.0. The molecule has 0 radical (unpaired) electrons. The Balaban J connectivity index is 2.26. The molecule has 0 heterocycles. The van der Waals surface area contributed by atoms with Crippen LogP contribution in [0, 0.1) is 6.92 Å².